The van der Waals surface area contributed by atoms with Crippen LogP contribution in [0.15, 0.2) is 72.8 Å². The van der Waals surface area contributed by atoms with E-state index in [4.69, 9.17) is 9.47 Å². The fourth-order valence-electron chi connectivity index (χ4n) is 3.93. The molecule has 10 heteroatoms. The second-order valence-electron chi connectivity index (χ2n) is 9.02. The zero-order valence-corrected chi connectivity index (χ0v) is 22.1. The number of rotatable bonds is 13. The van der Waals surface area contributed by atoms with Gasteiger partial charge in [-0.2, -0.15) is 0 Å². The highest BCUT2D eigenvalue weighted by Crippen LogP contribution is 2.31. The minimum Gasteiger partial charge on any atom is -0.490 e. The Morgan fingerprint density at radius 3 is 2.41 bits per heavy atom. The third-order valence-electron chi connectivity index (χ3n) is 6.28. The van der Waals surface area contributed by atoms with Crippen molar-refractivity contribution in [3.8, 4) is 11.5 Å². The van der Waals surface area contributed by atoms with Crippen LogP contribution in [0.25, 0.3) is 0 Å². The van der Waals surface area contributed by atoms with Crippen LogP contribution < -0.4 is 14.8 Å². The lowest BCUT2D eigenvalue weighted by Gasteiger charge is -2.32. The van der Waals surface area contributed by atoms with Gasteiger partial charge in [0, 0.05) is 36.7 Å². The van der Waals surface area contributed by atoms with E-state index in [0.717, 1.165) is 5.56 Å². The summed E-state index contributed by atoms with van der Waals surface area (Å²) < 4.78 is 25.4. The lowest BCUT2D eigenvalue weighted by atomic mass is 10.0. The van der Waals surface area contributed by atoms with Crippen molar-refractivity contribution in [2.45, 2.75) is 45.3 Å². The van der Waals surface area contributed by atoms with Gasteiger partial charge in [-0.1, -0.05) is 55.5 Å². The highest BCUT2D eigenvalue weighted by atomic mass is 19.1. The molecule has 3 rings (SSSR count). The van der Waals surface area contributed by atoms with Gasteiger partial charge < -0.3 is 19.7 Å². The van der Waals surface area contributed by atoms with E-state index in [1.165, 1.54) is 36.3 Å². The molecule has 0 spiro atoms. The normalized spacial score (nSPS) is 12.2. The van der Waals surface area contributed by atoms with Crippen LogP contribution in [0, 0.1) is 15.9 Å². The van der Waals surface area contributed by atoms with Crippen molar-refractivity contribution >= 4 is 17.5 Å². The number of ether oxygens (including phenoxy) is 2. The van der Waals surface area contributed by atoms with Gasteiger partial charge in [-0.15, -0.1) is 0 Å². The monoisotopic (exact) mass is 537 g/mol. The van der Waals surface area contributed by atoms with Gasteiger partial charge in [-0.25, -0.2) is 4.39 Å². The quantitative estimate of drug-likeness (QED) is 0.250. The summed E-state index contributed by atoms with van der Waals surface area (Å²) in [6.07, 6.45) is 0.894. The molecule has 0 aliphatic heterocycles. The first-order valence-electron chi connectivity index (χ1n) is 12.6. The molecule has 0 aliphatic rings. The van der Waals surface area contributed by atoms with Crippen molar-refractivity contribution in [1.29, 1.82) is 0 Å². The van der Waals surface area contributed by atoms with Crippen LogP contribution in [0.3, 0.4) is 0 Å². The Bertz CT molecular complexity index is 1290. The molecule has 0 aromatic heterocycles. The highest BCUT2D eigenvalue weighted by Gasteiger charge is 2.32. The molecule has 1 N–H and O–H groups in total. The van der Waals surface area contributed by atoms with Gasteiger partial charge in [-0.3, -0.25) is 19.7 Å². The standard InChI is InChI=1S/C29H32FN3O6/c1-4-20(2)31-29(35)26(16-21-10-6-5-7-11-21)32(18-22-12-8-9-13-24(22)30)28(34)19-39-23-14-15-25(33(36)37)27(17-23)38-3/h5-15,17,20,26H,4,16,18-19H2,1-3H3,(H,31,35)/t20-,26-/m0/s1. The molecule has 0 radical (unpaired) electrons. The summed E-state index contributed by atoms with van der Waals surface area (Å²) in [5.41, 5.74) is 0.827. The van der Waals surface area contributed by atoms with E-state index in [0.29, 0.717) is 6.42 Å². The topological polar surface area (TPSA) is 111 Å². The van der Waals surface area contributed by atoms with Crippen molar-refractivity contribution < 1.29 is 28.4 Å². The molecule has 9 nitrogen and oxygen atoms in total. The van der Waals surface area contributed by atoms with E-state index in [1.54, 1.807) is 18.2 Å². The number of amides is 2. The molecule has 0 heterocycles. The van der Waals surface area contributed by atoms with Crippen LogP contribution in [-0.4, -0.2) is 47.4 Å². The minimum absolute atomic E-state index is 0.0250. The van der Waals surface area contributed by atoms with Crippen LogP contribution in [-0.2, 0) is 22.6 Å². The fourth-order valence-corrected chi connectivity index (χ4v) is 3.93. The number of carbonyl (C=O) groups is 2. The molecule has 2 amide bonds. The first kappa shape index (κ1) is 29.1. The second-order valence-corrected chi connectivity index (χ2v) is 9.02. The first-order chi connectivity index (χ1) is 18.7. The summed E-state index contributed by atoms with van der Waals surface area (Å²) in [5.74, 6) is -1.29. The summed E-state index contributed by atoms with van der Waals surface area (Å²) in [7, 11) is 1.29. The largest absolute Gasteiger partial charge is 0.490 e. The Morgan fingerprint density at radius 1 is 1.08 bits per heavy atom. The Morgan fingerprint density at radius 2 is 1.77 bits per heavy atom. The molecule has 0 unspecified atom stereocenters. The van der Waals surface area contributed by atoms with Gasteiger partial charge >= 0.3 is 5.69 Å². The summed E-state index contributed by atoms with van der Waals surface area (Å²) in [6, 6.07) is 18.1. The predicted molar refractivity (Wildman–Crippen MR) is 144 cm³/mol. The highest BCUT2D eigenvalue weighted by molar-refractivity contribution is 5.88. The third kappa shape index (κ3) is 8.00. The van der Waals surface area contributed by atoms with Gasteiger partial charge in [0.05, 0.1) is 12.0 Å². The molecule has 2 atom stereocenters. The fraction of sp³-hybridized carbons (Fsp3) is 0.310. The Hall–Kier alpha value is -4.47. The van der Waals surface area contributed by atoms with Crippen molar-refractivity contribution in [3.05, 3.63) is 99.9 Å². The molecule has 206 valence electrons. The van der Waals surface area contributed by atoms with E-state index in [9.17, 15) is 24.1 Å². The average molecular weight is 538 g/mol. The first-order valence-corrected chi connectivity index (χ1v) is 12.6. The van der Waals surface area contributed by atoms with Crippen molar-refractivity contribution in [1.82, 2.24) is 10.2 Å². The van der Waals surface area contributed by atoms with Crippen LogP contribution >= 0.6 is 0 Å². The number of nitro benzene ring substituents is 1. The molecule has 0 saturated carbocycles. The lowest BCUT2D eigenvalue weighted by Crippen LogP contribution is -2.53. The SMILES string of the molecule is CC[C@H](C)NC(=O)[C@H](Cc1ccccc1)N(Cc1ccccc1F)C(=O)COc1ccc([N+](=O)[O-])c(OC)c1. The van der Waals surface area contributed by atoms with E-state index in [1.807, 2.05) is 44.2 Å². The number of halogens is 1. The lowest BCUT2D eigenvalue weighted by molar-refractivity contribution is -0.385. The van der Waals surface area contributed by atoms with Gasteiger partial charge in [0.25, 0.3) is 5.91 Å². The number of nitrogens with zero attached hydrogens (tertiary/aromatic N) is 2. The molecule has 3 aromatic carbocycles. The van der Waals surface area contributed by atoms with E-state index in [-0.39, 0.29) is 47.7 Å². The second kappa shape index (κ2) is 13.9. The summed E-state index contributed by atoms with van der Waals surface area (Å²) in [6.45, 7) is 3.15. The van der Waals surface area contributed by atoms with Crippen LogP contribution in [0.4, 0.5) is 10.1 Å². The maximum Gasteiger partial charge on any atom is 0.311 e. The third-order valence-corrected chi connectivity index (χ3v) is 6.28. The molecule has 0 fully saturated rings. The van der Waals surface area contributed by atoms with Gasteiger partial charge in [0.15, 0.2) is 6.61 Å². The molecule has 0 aliphatic carbocycles. The van der Waals surface area contributed by atoms with Crippen molar-refractivity contribution in [3.63, 3.8) is 0 Å². The number of hydrogen-bond acceptors (Lipinski definition) is 6. The minimum atomic E-state index is -0.955. The van der Waals surface area contributed by atoms with Crippen molar-refractivity contribution in [2.75, 3.05) is 13.7 Å². The zero-order valence-electron chi connectivity index (χ0n) is 22.1. The molecular weight excluding hydrogens is 505 g/mol. The van der Waals surface area contributed by atoms with Crippen LogP contribution in [0.2, 0.25) is 0 Å². The smallest absolute Gasteiger partial charge is 0.311 e. The van der Waals surface area contributed by atoms with Gasteiger partial charge in [-0.05, 0) is 31.0 Å². The molecule has 0 saturated heterocycles. The van der Waals surface area contributed by atoms with Crippen LogP contribution in [0.1, 0.15) is 31.4 Å². The number of nitro groups is 1. The number of benzene rings is 3. The Labute approximate surface area is 226 Å². The molecule has 0 bridgehead atoms. The maximum atomic E-state index is 14.7. The maximum absolute atomic E-state index is 14.7. The summed E-state index contributed by atoms with van der Waals surface area (Å²) in [4.78, 5) is 39.0. The zero-order chi connectivity index (χ0) is 28.4. The summed E-state index contributed by atoms with van der Waals surface area (Å²) >= 11 is 0. The number of carbonyl (C=O) groups excluding carboxylic acids is 2. The molecule has 3 aromatic rings. The van der Waals surface area contributed by atoms with Gasteiger partial charge in [0.1, 0.15) is 17.6 Å². The van der Waals surface area contributed by atoms with E-state index in [2.05, 4.69) is 5.32 Å². The van der Waals surface area contributed by atoms with Crippen LogP contribution in [0.5, 0.6) is 11.5 Å². The van der Waals surface area contributed by atoms with Crippen molar-refractivity contribution in [2.24, 2.45) is 0 Å². The Balaban J connectivity index is 1.93. The van der Waals surface area contributed by atoms with E-state index < -0.39 is 29.3 Å². The average Bonchev–Trinajstić information content (AvgIpc) is 2.94. The number of hydrogen-bond donors (Lipinski definition) is 1. The van der Waals surface area contributed by atoms with Gasteiger partial charge in [0.2, 0.25) is 11.7 Å². The number of methoxy groups -OCH3 is 1. The number of nitrogens with one attached hydrogen (secondary N) is 1. The Kier molecular flexibility index (Phi) is 10.4. The molecular formula is C29H32FN3O6. The predicted octanol–water partition coefficient (Wildman–Crippen LogP) is 4.68. The summed E-state index contributed by atoms with van der Waals surface area (Å²) in [5, 5.41) is 14.1. The molecule has 39 heavy (non-hydrogen) atoms. The van der Waals surface area contributed by atoms with E-state index >= 15 is 0 Å².